The average molecular weight is 354 g/mol. The molecule has 0 unspecified atom stereocenters. The molecule has 6 nitrogen and oxygen atoms in total. The van der Waals surface area contributed by atoms with Gasteiger partial charge in [-0.15, -0.1) is 0 Å². The van der Waals surface area contributed by atoms with E-state index >= 15 is 0 Å². The van der Waals surface area contributed by atoms with Crippen LogP contribution in [-0.2, 0) is 14.8 Å². The Kier molecular flexibility index (Phi) is 6.37. The van der Waals surface area contributed by atoms with Gasteiger partial charge in [0.15, 0.2) is 0 Å². The van der Waals surface area contributed by atoms with Crippen molar-refractivity contribution < 1.29 is 17.9 Å². The molecule has 1 aliphatic rings. The van der Waals surface area contributed by atoms with Crippen LogP contribution in [0.25, 0.3) is 0 Å². The third-order valence-electron chi connectivity index (χ3n) is 4.29. The first-order valence-corrected chi connectivity index (χ1v) is 9.77. The summed E-state index contributed by atoms with van der Waals surface area (Å²) in [7, 11) is -2.50. The summed E-state index contributed by atoms with van der Waals surface area (Å²) >= 11 is 0. The molecule has 0 amide bonds. The largest absolute Gasteiger partial charge is 0.465 e. The molecule has 0 atom stereocenters. The second-order valence-electron chi connectivity index (χ2n) is 6.09. The van der Waals surface area contributed by atoms with Crippen molar-refractivity contribution in [3.05, 3.63) is 29.3 Å². The highest BCUT2D eigenvalue weighted by atomic mass is 32.2. The first kappa shape index (κ1) is 18.9. The Morgan fingerprint density at radius 1 is 1.33 bits per heavy atom. The maximum atomic E-state index is 13.3. The van der Waals surface area contributed by atoms with E-state index < -0.39 is 16.0 Å². The Morgan fingerprint density at radius 3 is 2.58 bits per heavy atom. The van der Waals surface area contributed by atoms with Crippen molar-refractivity contribution in [1.82, 2.24) is 9.62 Å². The van der Waals surface area contributed by atoms with E-state index in [0.717, 1.165) is 37.9 Å². The van der Waals surface area contributed by atoms with Gasteiger partial charge >= 0.3 is 5.97 Å². The molecule has 2 rings (SSSR count). The number of benzene rings is 1. The van der Waals surface area contributed by atoms with Gasteiger partial charge in [0.1, 0.15) is 0 Å². The lowest BCUT2D eigenvalue weighted by Crippen LogP contribution is -2.46. The van der Waals surface area contributed by atoms with Gasteiger partial charge in [-0.3, -0.25) is 0 Å². The molecule has 0 aliphatic carbocycles. The molecule has 1 fully saturated rings. The average Bonchev–Trinajstić information content (AvgIpc) is 2.59. The van der Waals surface area contributed by atoms with Gasteiger partial charge in [0.2, 0.25) is 10.0 Å². The fourth-order valence-electron chi connectivity index (χ4n) is 3.08. The summed E-state index contributed by atoms with van der Waals surface area (Å²) in [6.07, 6.45) is 2.28. The van der Waals surface area contributed by atoms with Crippen LogP contribution in [0.1, 0.15) is 42.1 Å². The second-order valence-corrected chi connectivity index (χ2v) is 7.95. The fourth-order valence-corrected chi connectivity index (χ4v) is 5.02. The smallest absolute Gasteiger partial charge is 0.339 e. The molecule has 0 radical (unpaired) electrons. The van der Waals surface area contributed by atoms with Crippen LogP contribution in [0.5, 0.6) is 0 Å². The van der Waals surface area contributed by atoms with Crippen LogP contribution >= 0.6 is 0 Å². The fraction of sp³-hybridized carbons (Fsp3) is 0.588. The number of carbonyl (C=O) groups excluding carboxylic acids is 1. The molecular weight excluding hydrogens is 328 g/mol. The summed E-state index contributed by atoms with van der Waals surface area (Å²) in [5.41, 5.74) is 0.922. The third kappa shape index (κ3) is 3.96. The van der Waals surface area contributed by atoms with Gasteiger partial charge in [0, 0.05) is 12.6 Å². The Hall–Kier alpha value is -1.44. The number of methoxy groups -OCH3 is 1. The van der Waals surface area contributed by atoms with Crippen LogP contribution in [0.15, 0.2) is 23.1 Å². The van der Waals surface area contributed by atoms with E-state index in [9.17, 15) is 13.2 Å². The maximum Gasteiger partial charge on any atom is 0.339 e. The molecule has 0 bridgehead atoms. The lowest BCUT2D eigenvalue weighted by Gasteiger charge is -2.34. The van der Waals surface area contributed by atoms with Crippen molar-refractivity contribution in [2.45, 2.75) is 44.0 Å². The monoisotopic (exact) mass is 354 g/mol. The van der Waals surface area contributed by atoms with Crippen LogP contribution in [0.3, 0.4) is 0 Å². The minimum atomic E-state index is -3.76. The summed E-state index contributed by atoms with van der Waals surface area (Å²) in [5, 5.41) is 3.25. The summed E-state index contributed by atoms with van der Waals surface area (Å²) < 4.78 is 32.9. The molecule has 1 heterocycles. The standard InChI is InChI=1S/C17H26N2O4S/c1-4-11-19(14-7-9-18-10-8-14)24(21,22)16-6-5-13(2)12-15(16)17(20)23-3/h5-6,12,14,18H,4,7-11H2,1-3H3. The lowest BCUT2D eigenvalue weighted by molar-refractivity contribution is 0.0596. The number of esters is 1. The van der Waals surface area contributed by atoms with Crippen LogP contribution in [-0.4, -0.2) is 51.5 Å². The van der Waals surface area contributed by atoms with Crippen LogP contribution in [0, 0.1) is 6.92 Å². The molecule has 1 aromatic carbocycles. The number of sulfonamides is 1. The lowest BCUT2D eigenvalue weighted by atomic mass is 10.1. The molecular formula is C17H26N2O4S. The highest BCUT2D eigenvalue weighted by Crippen LogP contribution is 2.26. The van der Waals surface area contributed by atoms with Gasteiger partial charge in [-0.05, 0) is 51.4 Å². The Bertz CT molecular complexity index is 682. The number of carbonyl (C=O) groups is 1. The highest BCUT2D eigenvalue weighted by molar-refractivity contribution is 7.89. The quantitative estimate of drug-likeness (QED) is 0.790. The minimum absolute atomic E-state index is 0.0342. The topological polar surface area (TPSA) is 75.7 Å². The number of ether oxygens (including phenoxy) is 1. The number of hydrogen-bond acceptors (Lipinski definition) is 5. The van der Waals surface area contributed by atoms with Gasteiger partial charge in [0.25, 0.3) is 0 Å². The predicted molar refractivity (Wildman–Crippen MR) is 92.6 cm³/mol. The number of hydrogen-bond donors (Lipinski definition) is 1. The van der Waals surface area contributed by atoms with Crippen molar-refractivity contribution >= 4 is 16.0 Å². The number of nitrogens with zero attached hydrogens (tertiary/aromatic N) is 1. The summed E-state index contributed by atoms with van der Waals surface area (Å²) in [6.45, 7) is 5.83. The number of nitrogens with one attached hydrogen (secondary N) is 1. The van der Waals surface area contributed by atoms with Gasteiger partial charge in [-0.25, -0.2) is 13.2 Å². The first-order valence-electron chi connectivity index (χ1n) is 8.33. The van der Waals surface area contributed by atoms with E-state index in [-0.39, 0.29) is 16.5 Å². The molecule has 0 saturated carbocycles. The van der Waals surface area contributed by atoms with Crippen LogP contribution < -0.4 is 5.32 Å². The molecule has 0 aromatic heterocycles. The molecule has 134 valence electrons. The van der Waals surface area contributed by atoms with Crippen LogP contribution in [0.2, 0.25) is 0 Å². The summed E-state index contributed by atoms with van der Waals surface area (Å²) in [6, 6.07) is 4.76. The Morgan fingerprint density at radius 2 is 2.00 bits per heavy atom. The maximum absolute atomic E-state index is 13.3. The summed E-state index contributed by atoms with van der Waals surface area (Å²) in [5.74, 6) is -0.626. The van der Waals surface area contributed by atoms with E-state index in [0.29, 0.717) is 6.54 Å². The second kappa shape index (κ2) is 8.09. The molecule has 24 heavy (non-hydrogen) atoms. The molecule has 7 heteroatoms. The van der Waals surface area contributed by atoms with Gasteiger partial charge in [-0.1, -0.05) is 18.6 Å². The molecule has 1 aromatic rings. The Balaban J connectivity index is 2.48. The molecule has 1 aliphatic heterocycles. The van der Waals surface area contributed by atoms with E-state index in [1.165, 1.54) is 13.2 Å². The van der Waals surface area contributed by atoms with Crippen molar-refractivity contribution in [2.24, 2.45) is 0 Å². The van der Waals surface area contributed by atoms with Crippen LogP contribution in [0.4, 0.5) is 0 Å². The molecule has 1 saturated heterocycles. The van der Waals surface area contributed by atoms with Crippen molar-refractivity contribution in [2.75, 3.05) is 26.7 Å². The molecule has 0 spiro atoms. The zero-order chi connectivity index (χ0) is 17.7. The number of piperidine rings is 1. The van der Waals surface area contributed by atoms with Gasteiger partial charge in [0.05, 0.1) is 17.6 Å². The predicted octanol–water partition coefficient (Wildman–Crippen LogP) is 1.93. The Labute approximate surface area is 144 Å². The van der Waals surface area contributed by atoms with Gasteiger partial charge in [-0.2, -0.15) is 4.31 Å². The van der Waals surface area contributed by atoms with E-state index in [1.54, 1.807) is 16.4 Å². The first-order chi connectivity index (χ1) is 11.4. The highest BCUT2D eigenvalue weighted by Gasteiger charge is 2.34. The summed E-state index contributed by atoms with van der Waals surface area (Å²) in [4.78, 5) is 12.1. The van der Waals surface area contributed by atoms with Gasteiger partial charge < -0.3 is 10.1 Å². The zero-order valence-corrected chi connectivity index (χ0v) is 15.4. The van der Waals surface area contributed by atoms with Crippen molar-refractivity contribution in [1.29, 1.82) is 0 Å². The zero-order valence-electron chi connectivity index (χ0n) is 14.5. The SMILES string of the molecule is CCCN(C1CCNCC1)S(=O)(=O)c1ccc(C)cc1C(=O)OC. The van der Waals surface area contributed by atoms with E-state index in [1.807, 2.05) is 13.8 Å². The molecule has 1 N–H and O–H groups in total. The van der Waals surface area contributed by atoms with Crippen molar-refractivity contribution in [3.8, 4) is 0 Å². The normalized spacial score (nSPS) is 16.3. The number of aryl methyl sites for hydroxylation is 1. The minimum Gasteiger partial charge on any atom is -0.465 e. The third-order valence-corrected chi connectivity index (χ3v) is 6.30. The number of rotatable bonds is 6. The van der Waals surface area contributed by atoms with E-state index in [4.69, 9.17) is 4.74 Å². The van der Waals surface area contributed by atoms with E-state index in [2.05, 4.69) is 5.32 Å². The van der Waals surface area contributed by atoms with Crippen molar-refractivity contribution in [3.63, 3.8) is 0 Å².